The molecular weight excluding hydrogens is 247 g/mol. The Hall–Kier alpha value is -1.04. The van der Waals surface area contributed by atoms with Gasteiger partial charge in [-0.15, -0.1) is 0 Å². The maximum Gasteiger partial charge on any atom is 0.420 e. The number of hydrogen-bond donors (Lipinski definition) is 1. The van der Waals surface area contributed by atoms with Crippen molar-refractivity contribution in [1.29, 1.82) is 0 Å². The zero-order chi connectivity index (χ0) is 13.3. The van der Waals surface area contributed by atoms with Crippen molar-refractivity contribution in [2.24, 2.45) is 5.92 Å². The Balaban J connectivity index is 2.06. The summed E-state index contributed by atoms with van der Waals surface area (Å²) in [5, 5.41) is 12.4. The van der Waals surface area contributed by atoms with Gasteiger partial charge in [-0.3, -0.25) is 0 Å². The molecular formula is C12H16F3NO2. The number of halogens is 3. The van der Waals surface area contributed by atoms with E-state index in [2.05, 4.69) is 12.1 Å². The van der Waals surface area contributed by atoms with E-state index in [-0.39, 0.29) is 5.92 Å². The second kappa shape index (κ2) is 4.91. The lowest BCUT2D eigenvalue weighted by Crippen LogP contribution is -2.20. The van der Waals surface area contributed by atoms with E-state index in [0.29, 0.717) is 11.7 Å². The Morgan fingerprint density at radius 3 is 2.50 bits per heavy atom. The van der Waals surface area contributed by atoms with E-state index in [1.54, 1.807) is 0 Å². The Bertz CT molecular complexity index is 394. The number of aliphatic hydroxyl groups is 1. The van der Waals surface area contributed by atoms with Crippen LogP contribution >= 0.6 is 0 Å². The first-order valence-corrected chi connectivity index (χ1v) is 6.09. The maximum absolute atomic E-state index is 12.3. The summed E-state index contributed by atoms with van der Waals surface area (Å²) < 4.78 is 41.9. The van der Waals surface area contributed by atoms with Gasteiger partial charge in [0.2, 0.25) is 0 Å². The normalized spacial score (nSPS) is 27.2. The number of nitrogens with zero attached hydrogens (tertiary/aromatic N) is 1. The van der Waals surface area contributed by atoms with Crippen LogP contribution in [-0.4, -0.2) is 16.4 Å². The Kier molecular flexibility index (Phi) is 3.66. The highest BCUT2D eigenvalue weighted by Crippen LogP contribution is 2.38. The Labute approximate surface area is 103 Å². The summed E-state index contributed by atoms with van der Waals surface area (Å²) in [4.78, 5) is 0. The highest BCUT2D eigenvalue weighted by atomic mass is 19.4. The molecule has 1 aromatic rings. The first-order chi connectivity index (χ1) is 8.38. The van der Waals surface area contributed by atoms with Gasteiger partial charge in [0.05, 0.1) is 0 Å². The zero-order valence-electron chi connectivity index (χ0n) is 10.1. The van der Waals surface area contributed by atoms with Crippen LogP contribution in [-0.2, 0) is 0 Å². The molecule has 1 unspecified atom stereocenters. The summed E-state index contributed by atoms with van der Waals surface area (Å²) in [6.45, 7) is 2.16. The molecule has 1 N–H and O–H groups in total. The third-order valence-electron chi connectivity index (χ3n) is 3.56. The van der Waals surface area contributed by atoms with Crippen LogP contribution in [0.2, 0.25) is 0 Å². The highest BCUT2D eigenvalue weighted by molar-refractivity contribution is 5.13. The van der Waals surface area contributed by atoms with Crippen molar-refractivity contribution in [3.63, 3.8) is 0 Å². The molecule has 1 aliphatic carbocycles. The standard InChI is InChI=1S/C12H16F3NO2/c1-7-2-4-8(5-3-7)10-6-9(16-18-10)11(17)12(13,14)15/h6-8,11,17H,2-5H2,1H3/t7-,8-,11?. The van der Waals surface area contributed by atoms with Gasteiger partial charge in [-0.25, -0.2) is 0 Å². The van der Waals surface area contributed by atoms with Crippen LogP contribution in [0.3, 0.4) is 0 Å². The van der Waals surface area contributed by atoms with Gasteiger partial charge in [-0.05, 0) is 18.8 Å². The fraction of sp³-hybridized carbons (Fsp3) is 0.750. The van der Waals surface area contributed by atoms with Crippen LogP contribution in [0.1, 0.15) is 56.1 Å². The van der Waals surface area contributed by atoms with Gasteiger partial charge in [0.15, 0.2) is 6.10 Å². The first-order valence-electron chi connectivity index (χ1n) is 6.09. The minimum Gasteiger partial charge on any atom is -0.378 e. The average Bonchev–Trinajstić information content (AvgIpc) is 2.77. The number of aliphatic hydroxyl groups excluding tert-OH is 1. The fourth-order valence-corrected chi connectivity index (χ4v) is 2.34. The summed E-state index contributed by atoms with van der Waals surface area (Å²) in [6.07, 6.45) is -3.37. The average molecular weight is 263 g/mol. The lowest BCUT2D eigenvalue weighted by atomic mass is 9.82. The first kappa shape index (κ1) is 13.4. The molecule has 2 rings (SSSR count). The van der Waals surface area contributed by atoms with Crippen molar-refractivity contribution in [3.05, 3.63) is 17.5 Å². The summed E-state index contributed by atoms with van der Waals surface area (Å²) >= 11 is 0. The molecule has 1 atom stereocenters. The Morgan fingerprint density at radius 2 is 1.94 bits per heavy atom. The van der Waals surface area contributed by atoms with Gasteiger partial charge in [0.1, 0.15) is 11.5 Å². The maximum atomic E-state index is 12.3. The molecule has 0 amide bonds. The highest BCUT2D eigenvalue weighted by Gasteiger charge is 2.41. The number of hydrogen-bond acceptors (Lipinski definition) is 3. The summed E-state index contributed by atoms with van der Waals surface area (Å²) in [6, 6.07) is 1.23. The van der Waals surface area contributed by atoms with Crippen molar-refractivity contribution in [3.8, 4) is 0 Å². The monoisotopic (exact) mass is 263 g/mol. The summed E-state index contributed by atoms with van der Waals surface area (Å²) in [7, 11) is 0. The van der Waals surface area contributed by atoms with Gasteiger partial charge >= 0.3 is 6.18 Å². The molecule has 0 aliphatic heterocycles. The van der Waals surface area contributed by atoms with Crippen molar-refractivity contribution >= 4 is 0 Å². The van der Waals surface area contributed by atoms with E-state index in [9.17, 15) is 13.2 Å². The Morgan fingerprint density at radius 1 is 1.33 bits per heavy atom. The van der Waals surface area contributed by atoms with E-state index in [1.165, 1.54) is 6.07 Å². The largest absolute Gasteiger partial charge is 0.420 e. The molecule has 1 heterocycles. The molecule has 0 radical (unpaired) electrons. The molecule has 0 spiro atoms. The van der Waals surface area contributed by atoms with Crippen molar-refractivity contribution in [2.45, 2.75) is 50.8 Å². The quantitative estimate of drug-likeness (QED) is 0.887. The summed E-state index contributed by atoms with van der Waals surface area (Å²) in [5.41, 5.74) is -0.448. The van der Waals surface area contributed by atoms with Crippen LogP contribution in [0.4, 0.5) is 13.2 Å². The second-order valence-corrected chi connectivity index (χ2v) is 5.06. The lowest BCUT2D eigenvalue weighted by molar-refractivity contribution is -0.208. The number of aromatic nitrogens is 1. The van der Waals surface area contributed by atoms with Crippen molar-refractivity contribution in [1.82, 2.24) is 5.16 Å². The summed E-state index contributed by atoms with van der Waals surface area (Å²) in [5.74, 6) is 1.24. The SMILES string of the molecule is C[C@H]1CC[C@H](c2cc(C(O)C(F)(F)F)no2)CC1. The van der Waals surface area contributed by atoms with Crippen LogP contribution in [0, 0.1) is 5.92 Å². The molecule has 102 valence electrons. The van der Waals surface area contributed by atoms with Gasteiger partial charge in [-0.1, -0.05) is 24.9 Å². The molecule has 6 heteroatoms. The van der Waals surface area contributed by atoms with Crippen molar-refractivity contribution < 1.29 is 22.8 Å². The molecule has 0 bridgehead atoms. The third kappa shape index (κ3) is 2.85. The lowest BCUT2D eigenvalue weighted by Gasteiger charge is -2.23. The van der Waals surface area contributed by atoms with E-state index < -0.39 is 18.0 Å². The van der Waals surface area contributed by atoms with Crippen molar-refractivity contribution in [2.75, 3.05) is 0 Å². The third-order valence-corrected chi connectivity index (χ3v) is 3.56. The predicted molar refractivity (Wildman–Crippen MR) is 57.9 cm³/mol. The van der Waals surface area contributed by atoms with Crippen LogP contribution in [0.5, 0.6) is 0 Å². The molecule has 1 aromatic heterocycles. The van der Waals surface area contributed by atoms with Crippen LogP contribution in [0.25, 0.3) is 0 Å². The number of alkyl halides is 3. The molecule has 1 saturated carbocycles. The molecule has 1 aliphatic rings. The van der Waals surface area contributed by atoms with E-state index in [0.717, 1.165) is 25.7 Å². The predicted octanol–water partition coefficient (Wildman–Crippen LogP) is 3.56. The second-order valence-electron chi connectivity index (χ2n) is 5.06. The van der Waals surface area contributed by atoms with Gasteiger partial charge < -0.3 is 9.63 Å². The molecule has 0 saturated heterocycles. The van der Waals surface area contributed by atoms with Crippen LogP contribution < -0.4 is 0 Å². The molecule has 3 nitrogen and oxygen atoms in total. The molecule has 18 heavy (non-hydrogen) atoms. The minimum atomic E-state index is -4.70. The molecule has 0 aromatic carbocycles. The number of rotatable bonds is 2. The van der Waals surface area contributed by atoms with E-state index >= 15 is 0 Å². The van der Waals surface area contributed by atoms with Gasteiger partial charge in [0, 0.05) is 12.0 Å². The molecule has 1 fully saturated rings. The van der Waals surface area contributed by atoms with E-state index in [4.69, 9.17) is 9.63 Å². The smallest absolute Gasteiger partial charge is 0.378 e. The zero-order valence-corrected chi connectivity index (χ0v) is 10.1. The van der Waals surface area contributed by atoms with Crippen LogP contribution in [0.15, 0.2) is 10.6 Å². The van der Waals surface area contributed by atoms with Gasteiger partial charge in [-0.2, -0.15) is 13.2 Å². The van der Waals surface area contributed by atoms with Gasteiger partial charge in [0.25, 0.3) is 0 Å². The fourth-order valence-electron chi connectivity index (χ4n) is 2.34. The topological polar surface area (TPSA) is 46.3 Å². The van der Waals surface area contributed by atoms with E-state index in [1.807, 2.05) is 0 Å². The minimum absolute atomic E-state index is 0.128.